The lowest BCUT2D eigenvalue weighted by Gasteiger charge is -2.09. The first-order valence-corrected chi connectivity index (χ1v) is 10.2. The summed E-state index contributed by atoms with van der Waals surface area (Å²) in [5.41, 5.74) is 4.46. The van der Waals surface area contributed by atoms with Crippen LogP contribution < -0.4 is 14.8 Å². The number of carbonyl (C=O) groups is 1. The Morgan fingerprint density at radius 2 is 1.62 bits per heavy atom. The molecular formula is C26H23N3O3. The Balaban J connectivity index is 1.44. The summed E-state index contributed by atoms with van der Waals surface area (Å²) >= 11 is 0. The van der Waals surface area contributed by atoms with Gasteiger partial charge in [-0.05, 0) is 47.9 Å². The molecule has 1 amide bonds. The molecule has 4 rings (SSSR count). The summed E-state index contributed by atoms with van der Waals surface area (Å²) in [5.74, 6) is 1.15. The first-order chi connectivity index (χ1) is 15.6. The molecule has 0 saturated heterocycles. The molecule has 0 aliphatic heterocycles. The van der Waals surface area contributed by atoms with E-state index in [1.807, 2.05) is 61.5 Å². The molecule has 0 bridgehead atoms. The zero-order valence-electron chi connectivity index (χ0n) is 17.9. The Morgan fingerprint density at radius 1 is 0.875 bits per heavy atom. The van der Waals surface area contributed by atoms with Crippen LogP contribution in [0.1, 0.15) is 21.5 Å². The van der Waals surface area contributed by atoms with Gasteiger partial charge in [-0.25, -0.2) is 9.97 Å². The van der Waals surface area contributed by atoms with Gasteiger partial charge in [0.05, 0.1) is 7.11 Å². The molecule has 0 saturated carbocycles. The molecule has 0 radical (unpaired) electrons. The lowest BCUT2D eigenvalue weighted by molar-refractivity contribution is 0.0951. The number of methoxy groups -OCH3 is 1. The van der Waals surface area contributed by atoms with Crippen molar-refractivity contribution in [2.75, 3.05) is 7.11 Å². The van der Waals surface area contributed by atoms with Gasteiger partial charge < -0.3 is 14.8 Å². The van der Waals surface area contributed by atoms with Gasteiger partial charge in [0.15, 0.2) is 0 Å². The van der Waals surface area contributed by atoms with E-state index in [-0.39, 0.29) is 11.9 Å². The predicted molar refractivity (Wildman–Crippen MR) is 123 cm³/mol. The third-order valence-electron chi connectivity index (χ3n) is 5.04. The van der Waals surface area contributed by atoms with E-state index in [1.54, 1.807) is 37.7 Å². The van der Waals surface area contributed by atoms with E-state index in [2.05, 4.69) is 15.3 Å². The van der Waals surface area contributed by atoms with Crippen molar-refractivity contribution in [2.45, 2.75) is 13.5 Å². The molecular weight excluding hydrogens is 402 g/mol. The molecule has 0 spiro atoms. The molecule has 1 aromatic heterocycles. The normalized spacial score (nSPS) is 10.4. The van der Waals surface area contributed by atoms with E-state index >= 15 is 0 Å². The van der Waals surface area contributed by atoms with Crippen LogP contribution in [0, 0.1) is 6.92 Å². The van der Waals surface area contributed by atoms with Gasteiger partial charge in [0.1, 0.15) is 11.5 Å². The van der Waals surface area contributed by atoms with Crippen LogP contribution in [0.2, 0.25) is 0 Å². The lowest BCUT2D eigenvalue weighted by atomic mass is 10.1. The first kappa shape index (κ1) is 21.1. The Bertz CT molecular complexity index is 1220. The number of ether oxygens (including phenoxy) is 2. The fraction of sp³-hybridized carbons (Fsp3) is 0.115. The number of aromatic nitrogens is 2. The van der Waals surface area contributed by atoms with Gasteiger partial charge in [0.25, 0.3) is 5.91 Å². The summed E-state index contributed by atoms with van der Waals surface area (Å²) in [6.07, 6.45) is 3.35. The van der Waals surface area contributed by atoms with Gasteiger partial charge in [-0.3, -0.25) is 4.79 Å². The molecule has 3 aromatic carbocycles. The number of carbonyl (C=O) groups excluding carboxylic acids is 1. The molecule has 0 atom stereocenters. The van der Waals surface area contributed by atoms with Gasteiger partial charge in [-0.1, -0.05) is 42.5 Å². The number of benzene rings is 3. The zero-order chi connectivity index (χ0) is 22.3. The van der Waals surface area contributed by atoms with Gasteiger partial charge in [0.2, 0.25) is 0 Å². The van der Waals surface area contributed by atoms with Gasteiger partial charge in [-0.15, -0.1) is 0 Å². The van der Waals surface area contributed by atoms with Crippen LogP contribution in [0.15, 0.2) is 85.2 Å². The minimum Gasteiger partial charge on any atom is -0.497 e. The monoisotopic (exact) mass is 425 g/mol. The fourth-order valence-corrected chi connectivity index (χ4v) is 3.21. The number of hydrogen-bond donors (Lipinski definition) is 1. The van der Waals surface area contributed by atoms with E-state index in [1.165, 1.54) is 0 Å². The van der Waals surface area contributed by atoms with Crippen LogP contribution in [-0.2, 0) is 6.54 Å². The van der Waals surface area contributed by atoms with Crippen molar-refractivity contribution in [3.05, 3.63) is 102 Å². The van der Waals surface area contributed by atoms with Crippen molar-refractivity contribution in [1.82, 2.24) is 15.3 Å². The zero-order valence-corrected chi connectivity index (χ0v) is 17.9. The molecule has 32 heavy (non-hydrogen) atoms. The highest BCUT2D eigenvalue weighted by molar-refractivity contribution is 5.95. The standard InChI is InChI=1S/C26H23N3O3/c1-18-7-3-4-8-21(18)15-27-25(30)20-10-5-9-19(13-20)22-16-28-26(29-17-22)32-24-12-6-11-23(14-24)31-2/h3-14,16-17H,15H2,1-2H3,(H,27,30). The third-order valence-corrected chi connectivity index (χ3v) is 5.04. The maximum Gasteiger partial charge on any atom is 0.321 e. The summed E-state index contributed by atoms with van der Waals surface area (Å²) in [4.78, 5) is 21.2. The molecule has 6 nitrogen and oxygen atoms in total. The van der Waals surface area contributed by atoms with Crippen LogP contribution in [-0.4, -0.2) is 23.0 Å². The topological polar surface area (TPSA) is 73.3 Å². The summed E-state index contributed by atoms with van der Waals surface area (Å²) in [7, 11) is 1.60. The second-order valence-electron chi connectivity index (χ2n) is 7.23. The van der Waals surface area contributed by atoms with E-state index in [4.69, 9.17) is 9.47 Å². The second-order valence-corrected chi connectivity index (χ2v) is 7.23. The minimum atomic E-state index is -0.131. The molecule has 0 aliphatic rings. The molecule has 6 heteroatoms. The largest absolute Gasteiger partial charge is 0.497 e. The predicted octanol–water partition coefficient (Wildman–Crippen LogP) is 5.18. The van der Waals surface area contributed by atoms with Gasteiger partial charge >= 0.3 is 6.01 Å². The summed E-state index contributed by atoms with van der Waals surface area (Å²) in [6.45, 7) is 2.51. The van der Waals surface area contributed by atoms with Gasteiger partial charge in [-0.2, -0.15) is 0 Å². The average molecular weight is 425 g/mol. The number of aryl methyl sites for hydroxylation is 1. The number of hydrogen-bond acceptors (Lipinski definition) is 5. The summed E-state index contributed by atoms with van der Waals surface area (Å²) < 4.78 is 10.9. The molecule has 0 fully saturated rings. The highest BCUT2D eigenvalue weighted by atomic mass is 16.5. The Hall–Kier alpha value is -4.19. The van der Waals surface area contributed by atoms with Crippen LogP contribution in [0.25, 0.3) is 11.1 Å². The lowest BCUT2D eigenvalue weighted by Crippen LogP contribution is -2.23. The van der Waals surface area contributed by atoms with Crippen molar-refractivity contribution < 1.29 is 14.3 Å². The maximum atomic E-state index is 12.6. The van der Waals surface area contributed by atoms with Crippen molar-refractivity contribution in [3.8, 4) is 28.6 Å². The van der Waals surface area contributed by atoms with E-state index in [0.717, 1.165) is 22.3 Å². The number of nitrogens with one attached hydrogen (secondary N) is 1. The molecule has 0 unspecified atom stereocenters. The molecule has 1 heterocycles. The third kappa shape index (κ3) is 5.10. The van der Waals surface area contributed by atoms with Gasteiger partial charge in [0, 0.05) is 36.1 Å². The van der Waals surface area contributed by atoms with E-state index in [9.17, 15) is 4.79 Å². The number of amides is 1. The maximum absolute atomic E-state index is 12.6. The van der Waals surface area contributed by atoms with Crippen molar-refractivity contribution >= 4 is 5.91 Å². The van der Waals surface area contributed by atoms with Crippen molar-refractivity contribution in [2.24, 2.45) is 0 Å². The highest BCUT2D eigenvalue weighted by Crippen LogP contribution is 2.24. The van der Waals surface area contributed by atoms with Crippen LogP contribution in [0.3, 0.4) is 0 Å². The Morgan fingerprint density at radius 3 is 2.41 bits per heavy atom. The second kappa shape index (κ2) is 9.75. The fourth-order valence-electron chi connectivity index (χ4n) is 3.21. The van der Waals surface area contributed by atoms with Crippen molar-refractivity contribution in [1.29, 1.82) is 0 Å². The van der Waals surface area contributed by atoms with E-state index < -0.39 is 0 Å². The Labute approximate surface area is 186 Å². The molecule has 0 aliphatic carbocycles. The summed E-state index contributed by atoms with van der Waals surface area (Å²) in [6, 6.07) is 22.8. The van der Waals surface area contributed by atoms with Crippen LogP contribution >= 0.6 is 0 Å². The number of rotatable bonds is 7. The first-order valence-electron chi connectivity index (χ1n) is 10.2. The quantitative estimate of drug-likeness (QED) is 0.441. The SMILES string of the molecule is COc1cccc(Oc2ncc(-c3cccc(C(=O)NCc4ccccc4C)c3)cn2)c1. The smallest absolute Gasteiger partial charge is 0.321 e. The van der Waals surface area contributed by atoms with Crippen molar-refractivity contribution in [3.63, 3.8) is 0 Å². The van der Waals surface area contributed by atoms with Crippen LogP contribution in [0.5, 0.6) is 17.5 Å². The molecule has 1 N–H and O–H groups in total. The molecule has 4 aromatic rings. The highest BCUT2D eigenvalue weighted by Gasteiger charge is 2.09. The minimum absolute atomic E-state index is 0.131. The van der Waals surface area contributed by atoms with Crippen LogP contribution in [0.4, 0.5) is 0 Å². The summed E-state index contributed by atoms with van der Waals surface area (Å²) in [5, 5.41) is 2.98. The average Bonchev–Trinajstić information content (AvgIpc) is 2.84. The Kier molecular flexibility index (Phi) is 6.41. The van der Waals surface area contributed by atoms with E-state index in [0.29, 0.717) is 23.6 Å². The number of nitrogens with zero attached hydrogens (tertiary/aromatic N) is 2. The molecule has 160 valence electrons.